The van der Waals surface area contributed by atoms with Crippen LogP contribution in [0.25, 0.3) is 133 Å². The molecule has 0 saturated carbocycles. The van der Waals surface area contributed by atoms with E-state index in [9.17, 15) is 0 Å². The molecule has 0 saturated heterocycles. The number of benzene rings is 12. The highest BCUT2D eigenvalue weighted by atomic mass is 15.3. The fourth-order valence-electron chi connectivity index (χ4n) is 15.9. The Kier molecular flexibility index (Phi) is 16.3. The molecule has 9 heterocycles. The molecule has 0 unspecified atom stereocenters. The lowest BCUT2D eigenvalue weighted by molar-refractivity contribution is 0.660. The number of rotatable bonds is 11. The number of para-hydroxylation sites is 4. The molecule has 12 aromatic carbocycles. The summed E-state index contributed by atoms with van der Waals surface area (Å²) in [5, 5.41) is 24.7. The number of hydrogen-bond acceptors (Lipinski definition) is 7. The van der Waals surface area contributed by atoms with Gasteiger partial charge in [-0.25, -0.2) is 23.0 Å². The molecule has 21 aromatic rings. The molecule has 526 valence electrons. The molecule has 0 atom stereocenters. The third-order valence-corrected chi connectivity index (χ3v) is 21.6. The zero-order chi connectivity index (χ0) is 73.9. The van der Waals surface area contributed by atoms with Gasteiger partial charge in [0.2, 0.25) is 0 Å². The van der Waals surface area contributed by atoms with Crippen LogP contribution in [-0.4, -0.2) is 43.4 Å². The standard InChI is InChI=1S/C38H29N3.C35H25N3.C27H17N5/c1-38(2)34-14-8-7-13-32(34)33-23-22-30(24-35(33)38)40(29-19-16-27(17-20-29)26-10-4-3-5-11-26)37-25-31-21-18-28-12-6-9-15-36(28)41(31)39-37;1-3-9-26(10-4-1)28-15-20-31(21-16-28)37(32-22-17-29(18-23-32)27-11-5-2-6-12-27)35-25-33-24-19-30-13-7-8-14-34(30)38(33)36-35;1-3-10-26-18(6-1)12-14-20-16-24(29-31(20)26)22-8-5-9-23(28-22)25-17-21-15-13-19-7-2-4-11-27(19)32(21)30-25/h3-25H,1-2H3;1-25H;1-17H. The highest BCUT2D eigenvalue weighted by molar-refractivity contribution is 5.91. The van der Waals surface area contributed by atoms with E-state index >= 15 is 0 Å². The Labute approximate surface area is 641 Å². The summed E-state index contributed by atoms with van der Waals surface area (Å²) >= 11 is 0. The smallest absolute Gasteiger partial charge is 0.160 e. The van der Waals surface area contributed by atoms with Crippen LogP contribution in [0, 0.1) is 0 Å². The van der Waals surface area contributed by atoms with Crippen molar-refractivity contribution in [3.8, 4) is 67.3 Å². The van der Waals surface area contributed by atoms with Gasteiger partial charge in [0.1, 0.15) is 11.4 Å². The minimum Gasteiger partial charge on any atom is -0.294 e. The summed E-state index contributed by atoms with van der Waals surface area (Å²) in [6.45, 7) is 4.66. The minimum absolute atomic E-state index is 0.0834. The molecular formula is C100H71N11. The van der Waals surface area contributed by atoms with Crippen molar-refractivity contribution in [2.75, 3.05) is 9.80 Å². The Bertz CT molecular complexity index is 6830. The molecule has 1 aliphatic rings. The van der Waals surface area contributed by atoms with E-state index < -0.39 is 0 Å². The van der Waals surface area contributed by atoms with E-state index in [-0.39, 0.29) is 5.41 Å². The highest BCUT2D eigenvalue weighted by Gasteiger charge is 2.36. The van der Waals surface area contributed by atoms with Crippen LogP contribution in [0.4, 0.5) is 34.4 Å². The quantitative estimate of drug-likeness (QED) is 0.127. The third kappa shape index (κ3) is 12.1. The number of nitrogens with zero attached hydrogens (tertiary/aromatic N) is 11. The van der Waals surface area contributed by atoms with E-state index in [1.165, 1.54) is 66.4 Å². The molecule has 11 heteroatoms. The maximum atomic E-state index is 5.19. The monoisotopic (exact) mass is 1430 g/mol. The van der Waals surface area contributed by atoms with Crippen LogP contribution in [-0.2, 0) is 5.41 Å². The molecule has 0 radical (unpaired) electrons. The van der Waals surface area contributed by atoms with Gasteiger partial charge in [0.05, 0.1) is 55.5 Å². The topological polar surface area (TPSA) is 88.6 Å². The lowest BCUT2D eigenvalue weighted by atomic mass is 9.82. The second-order valence-corrected chi connectivity index (χ2v) is 28.7. The molecule has 1 aliphatic carbocycles. The van der Waals surface area contributed by atoms with Crippen LogP contribution < -0.4 is 9.80 Å². The first kappa shape index (κ1) is 65.7. The maximum Gasteiger partial charge on any atom is 0.160 e. The van der Waals surface area contributed by atoms with Gasteiger partial charge in [-0.3, -0.25) is 9.80 Å². The molecule has 22 rings (SSSR count). The molecule has 0 amide bonds. The number of fused-ring (bicyclic) bond motifs is 15. The van der Waals surface area contributed by atoms with Crippen LogP contribution in [0.15, 0.2) is 394 Å². The first-order chi connectivity index (χ1) is 54.7. The summed E-state index contributed by atoms with van der Waals surface area (Å²) < 4.78 is 8.06. The number of pyridine rings is 5. The molecule has 0 bridgehead atoms. The van der Waals surface area contributed by atoms with E-state index in [4.69, 9.17) is 25.4 Å². The molecule has 9 aromatic heterocycles. The van der Waals surface area contributed by atoms with Crippen molar-refractivity contribution in [3.05, 3.63) is 405 Å². The van der Waals surface area contributed by atoms with Crippen molar-refractivity contribution in [1.82, 2.24) is 43.4 Å². The fraction of sp³-hybridized carbons (Fsp3) is 0.0300. The summed E-state index contributed by atoms with van der Waals surface area (Å²) in [6, 6.07) is 138. The molecule has 0 spiro atoms. The van der Waals surface area contributed by atoms with Crippen molar-refractivity contribution in [1.29, 1.82) is 0 Å². The predicted octanol–water partition coefficient (Wildman–Crippen LogP) is 25.2. The number of anilines is 6. The van der Waals surface area contributed by atoms with Crippen LogP contribution in [0.5, 0.6) is 0 Å². The average Bonchev–Trinajstić information content (AvgIpc) is 1.56. The van der Waals surface area contributed by atoms with E-state index in [1.54, 1.807) is 0 Å². The van der Waals surface area contributed by atoms with Crippen LogP contribution in [0.2, 0.25) is 0 Å². The van der Waals surface area contributed by atoms with Gasteiger partial charge in [0, 0.05) is 61.8 Å². The Hall–Kier alpha value is -14.8. The molecule has 0 N–H and O–H groups in total. The highest BCUT2D eigenvalue weighted by Crippen LogP contribution is 2.51. The van der Waals surface area contributed by atoms with Crippen LogP contribution in [0.3, 0.4) is 0 Å². The van der Waals surface area contributed by atoms with Gasteiger partial charge in [-0.15, -0.1) is 10.2 Å². The third-order valence-electron chi connectivity index (χ3n) is 21.6. The molecular weight excluding hydrogens is 1360 g/mol. The van der Waals surface area contributed by atoms with Gasteiger partial charge < -0.3 is 0 Å². The summed E-state index contributed by atoms with van der Waals surface area (Å²) in [7, 11) is 0. The van der Waals surface area contributed by atoms with Gasteiger partial charge in [-0.05, 0) is 177 Å². The summed E-state index contributed by atoms with van der Waals surface area (Å²) in [4.78, 5) is 9.43. The molecule has 0 aliphatic heterocycles. The first-order valence-corrected chi connectivity index (χ1v) is 37.5. The zero-order valence-electron chi connectivity index (χ0n) is 60.9. The van der Waals surface area contributed by atoms with Crippen LogP contribution in [0.1, 0.15) is 25.0 Å². The van der Waals surface area contributed by atoms with Crippen molar-refractivity contribution < 1.29 is 0 Å². The van der Waals surface area contributed by atoms with Gasteiger partial charge in [0.25, 0.3) is 0 Å². The van der Waals surface area contributed by atoms with Crippen molar-refractivity contribution in [2.45, 2.75) is 19.3 Å². The van der Waals surface area contributed by atoms with Crippen molar-refractivity contribution in [3.63, 3.8) is 0 Å². The fourth-order valence-corrected chi connectivity index (χ4v) is 15.9. The number of aromatic nitrogens is 9. The molecule has 0 fully saturated rings. The van der Waals surface area contributed by atoms with Gasteiger partial charge in [-0.2, -0.15) is 10.2 Å². The van der Waals surface area contributed by atoms with E-state index in [0.717, 1.165) is 112 Å². The van der Waals surface area contributed by atoms with E-state index in [1.807, 2.05) is 68.1 Å². The van der Waals surface area contributed by atoms with Crippen LogP contribution >= 0.6 is 0 Å². The van der Waals surface area contributed by atoms with Crippen molar-refractivity contribution in [2.24, 2.45) is 0 Å². The second-order valence-electron chi connectivity index (χ2n) is 28.7. The SMILES string of the molecule is CC1(C)c2ccccc2-c2ccc(N(c3ccc(-c4ccccc4)cc3)c3cc4ccc5ccccc5n4n3)cc21.c1cc(-c2cc3ccc4ccccc4n3n2)nc(-c2cc3ccc4ccccc4n3n2)c1.c1ccc(-c2ccc(N(c3ccc(-c4ccccc4)cc3)c3cc4ccc5ccccc5n4n3)cc2)cc1. The van der Waals surface area contributed by atoms with Crippen molar-refractivity contribution >= 4 is 100 Å². The molecule has 111 heavy (non-hydrogen) atoms. The number of hydrogen-bond donors (Lipinski definition) is 0. The normalized spacial score (nSPS) is 12.1. The van der Waals surface area contributed by atoms with E-state index in [2.05, 4.69) is 368 Å². The van der Waals surface area contributed by atoms with Gasteiger partial charge in [0.15, 0.2) is 11.6 Å². The molecule has 11 nitrogen and oxygen atoms in total. The lowest BCUT2D eigenvalue weighted by Gasteiger charge is -2.26. The van der Waals surface area contributed by atoms with E-state index in [0.29, 0.717) is 0 Å². The minimum atomic E-state index is -0.0834. The first-order valence-electron chi connectivity index (χ1n) is 37.5. The largest absolute Gasteiger partial charge is 0.294 e. The Morgan fingerprint density at radius 1 is 0.225 bits per heavy atom. The van der Waals surface area contributed by atoms with Gasteiger partial charge >= 0.3 is 0 Å². The summed E-state index contributed by atoms with van der Waals surface area (Å²) in [6.07, 6.45) is 0. The summed E-state index contributed by atoms with van der Waals surface area (Å²) in [5.41, 5.74) is 28.7. The van der Waals surface area contributed by atoms with Gasteiger partial charge in [-0.1, -0.05) is 275 Å². The lowest BCUT2D eigenvalue weighted by Crippen LogP contribution is -2.16. The maximum absolute atomic E-state index is 5.19. The Morgan fingerprint density at radius 2 is 0.541 bits per heavy atom. The second kappa shape index (κ2) is 27.5. The predicted molar refractivity (Wildman–Crippen MR) is 456 cm³/mol. The average molecular weight is 1430 g/mol. The zero-order valence-corrected chi connectivity index (χ0v) is 60.9. The summed E-state index contributed by atoms with van der Waals surface area (Å²) in [5.74, 6) is 1.77. The Balaban J connectivity index is 0.000000110. The Morgan fingerprint density at radius 3 is 0.946 bits per heavy atom.